The van der Waals surface area contributed by atoms with Crippen LogP contribution in [0.5, 0.6) is 0 Å². The largest absolute Gasteiger partial charge is 0.463 e. The molecular weight excluding hydrogens is 236 g/mol. The molecule has 1 unspecified atom stereocenters. The van der Waals surface area contributed by atoms with Gasteiger partial charge < -0.3 is 10.5 Å². The fourth-order valence-corrected chi connectivity index (χ4v) is 1.69. The van der Waals surface area contributed by atoms with Crippen molar-refractivity contribution in [3.8, 4) is 0 Å². The van der Waals surface area contributed by atoms with Crippen molar-refractivity contribution in [1.82, 2.24) is 0 Å². The lowest BCUT2D eigenvalue weighted by atomic mass is 10.3. The van der Waals surface area contributed by atoms with Crippen molar-refractivity contribution in [3.63, 3.8) is 0 Å². The molecule has 0 radical (unpaired) electrons. The van der Waals surface area contributed by atoms with Gasteiger partial charge >= 0.3 is 5.97 Å². The van der Waals surface area contributed by atoms with Crippen molar-refractivity contribution in [2.75, 3.05) is 12.3 Å². The summed E-state index contributed by atoms with van der Waals surface area (Å²) >= 11 is 0.455. The van der Waals surface area contributed by atoms with Gasteiger partial charge in [-0.2, -0.15) is 0 Å². The lowest BCUT2D eigenvalue weighted by molar-refractivity contribution is -0.145. The Morgan fingerprint density at radius 2 is 2.31 bits per heavy atom. The van der Waals surface area contributed by atoms with Gasteiger partial charge in [-0.15, -0.1) is 0 Å². The van der Waals surface area contributed by atoms with E-state index in [0.29, 0.717) is 11.8 Å². The summed E-state index contributed by atoms with van der Waals surface area (Å²) in [5.41, 5.74) is 3.64. The summed E-state index contributed by atoms with van der Waals surface area (Å²) in [7, 11) is 0. The molecule has 1 aromatic rings. The van der Waals surface area contributed by atoms with Gasteiger partial charge in [-0.25, -0.2) is 13.6 Å². The van der Waals surface area contributed by atoms with Gasteiger partial charge in [-0.1, -0.05) is 11.8 Å². The van der Waals surface area contributed by atoms with Gasteiger partial charge in [-0.05, 0) is 25.1 Å². The first-order valence-electron chi connectivity index (χ1n) is 4.57. The Bertz CT molecular complexity index is 387. The first kappa shape index (κ1) is 12.8. The summed E-state index contributed by atoms with van der Waals surface area (Å²) < 4.78 is 30.9. The van der Waals surface area contributed by atoms with Crippen LogP contribution in [-0.2, 0) is 9.53 Å². The highest BCUT2D eigenvalue weighted by molar-refractivity contribution is 8.00. The van der Waals surface area contributed by atoms with Gasteiger partial charge in [0.05, 0.1) is 6.61 Å². The summed E-state index contributed by atoms with van der Waals surface area (Å²) in [4.78, 5) is 11.0. The standard InChI is InChI=1S/C10H11F2NO2S/c1-2-15-10(14)9(12)16-8-4-3-6(13)5-7(8)11/h3-5,9H,2,13H2,1H3. The highest BCUT2D eigenvalue weighted by atomic mass is 32.2. The van der Waals surface area contributed by atoms with Crippen LogP contribution in [0.15, 0.2) is 23.1 Å². The summed E-state index contributed by atoms with van der Waals surface area (Å²) in [6.45, 7) is 1.66. The Labute approximate surface area is 96.0 Å². The van der Waals surface area contributed by atoms with Gasteiger partial charge in [0.15, 0.2) is 0 Å². The van der Waals surface area contributed by atoms with Crippen molar-refractivity contribution in [3.05, 3.63) is 24.0 Å². The number of hydrogen-bond donors (Lipinski definition) is 1. The average molecular weight is 247 g/mol. The summed E-state index contributed by atoms with van der Waals surface area (Å²) in [5, 5.41) is 0. The molecule has 2 N–H and O–H groups in total. The summed E-state index contributed by atoms with van der Waals surface area (Å²) in [6.07, 6.45) is 0. The van der Waals surface area contributed by atoms with Crippen LogP contribution in [0.2, 0.25) is 0 Å². The van der Waals surface area contributed by atoms with Gasteiger partial charge in [0.25, 0.3) is 0 Å². The highest BCUT2D eigenvalue weighted by Gasteiger charge is 2.21. The first-order chi connectivity index (χ1) is 7.54. The fourth-order valence-electron chi connectivity index (χ4n) is 0.980. The molecule has 0 aliphatic rings. The number of halogens is 2. The molecule has 1 aromatic carbocycles. The Morgan fingerprint density at radius 3 is 2.88 bits per heavy atom. The van der Waals surface area contributed by atoms with Crippen LogP contribution in [0.3, 0.4) is 0 Å². The fraction of sp³-hybridized carbons (Fsp3) is 0.300. The van der Waals surface area contributed by atoms with Crippen LogP contribution in [0.4, 0.5) is 14.5 Å². The molecule has 0 aliphatic carbocycles. The van der Waals surface area contributed by atoms with Crippen LogP contribution in [0, 0.1) is 5.82 Å². The second-order valence-corrected chi connectivity index (χ2v) is 3.97. The molecule has 0 heterocycles. The second kappa shape index (κ2) is 5.69. The van der Waals surface area contributed by atoms with E-state index < -0.39 is 17.3 Å². The van der Waals surface area contributed by atoms with Crippen molar-refractivity contribution in [2.45, 2.75) is 17.3 Å². The number of hydrogen-bond acceptors (Lipinski definition) is 4. The molecule has 1 rings (SSSR count). The molecule has 1 atom stereocenters. The minimum absolute atomic E-state index is 0.0229. The number of esters is 1. The number of ether oxygens (including phenoxy) is 1. The Morgan fingerprint density at radius 1 is 1.62 bits per heavy atom. The molecule has 0 saturated carbocycles. The smallest absolute Gasteiger partial charge is 0.351 e. The topological polar surface area (TPSA) is 52.3 Å². The third kappa shape index (κ3) is 3.37. The SMILES string of the molecule is CCOC(=O)C(F)Sc1ccc(N)cc1F. The number of benzene rings is 1. The van der Waals surface area contributed by atoms with E-state index in [9.17, 15) is 13.6 Å². The number of carbonyl (C=O) groups excluding carboxylic acids is 1. The van der Waals surface area contributed by atoms with Crippen molar-refractivity contribution in [1.29, 1.82) is 0 Å². The molecule has 0 saturated heterocycles. The van der Waals surface area contributed by atoms with Crippen molar-refractivity contribution in [2.24, 2.45) is 0 Å². The van der Waals surface area contributed by atoms with E-state index in [-0.39, 0.29) is 17.2 Å². The van der Waals surface area contributed by atoms with Crippen molar-refractivity contribution < 1.29 is 18.3 Å². The Kier molecular flexibility index (Phi) is 4.54. The van der Waals surface area contributed by atoms with Crippen LogP contribution >= 0.6 is 11.8 Å². The van der Waals surface area contributed by atoms with E-state index in [1.807, 2.05) is 0 Å². The van der Waals surface area contributed by atoms with E-state index in [4.69, 9.17) is 5.73 Å². The Balaban J connectivity index is 2.69. The molecule has 3 nitrogen and oxygen atoms in total. The van der Waals surface area contributed by atoms with Gasteiger partial charge in [0, 0.05) is 10.6 Å². The second-order valence-electron chi connectivity index (χ2n) is 2.88. The maximum Gasteiger partial charge on any atom is 0.351 e. The van der Waals surface area contributed by atoms with Crippen molar-refractivity contribution >= 4 is 23.4 Å². The predicted molar refractivity (Wildman–Crippen MR) is 58.2 cm³/mol. The molecule has 0 fully saturated rings. The van der Waals surface area contributed by atoms with E-state index >= 15 is 0 Å². The summed E-state index contributed by atoms with van der Waals surface area (Å²) in [6, 6.07) is 3.82. The number of anilines is 1. The minimum atomic E-state index is -1.93. The number of carbonyl (C=O) groups is 1. The molecule has 0 aromatic heterocycles. The Hall–Kier alpha value is -1.30. The maximum atomic E-state index is 13.2. The quantitative estimate of drug-likeness (QED) is 0.504. The molecule has 0 amide bonds. The third-order valence-electron chi connectivity index (χ3n) is 1.66. The monoisotopic (exact) mass is 247 g/mol. The molecule has 0 aliphatic heterocycles. The van der Waals surface area contributed by atoms with Gasteiger partial charge in [0.1, 0.15) is 5.82 Å². The number of alkyl halides is 1. The normalized spacial score (nSPS) is 12.2. The molecule has 16 heavy (non-hydrogen) atoms. The van der Waals surface area contributed by atoms with E-state index in [0.717, 1.165) is 6.07 Å². The third-order valence-corrected chi connectivity index (χ3v) is 2.64. The lowest BCUT2D eigenvalue weighted by Crippen LogP contribution is -2.15. The molecular formula is C10H11F2NO2S. The van der Waals surface area contributed by atoms with Crippen LogP contribution in [0.1, 0.15) is 6.92 Å². The zero-order chi connectivity index (χ0) is 12.1. The highest BCUT2D eigenvalue weighted by Crippen LogP contribution is 2.28. The first-order valence-corrected chi connectivity index (χ1v) is 5.45. The number of nitrogen functional groups attached to an aromatic ring is 1. The van der Waals surface area contributed by atoms with E-state index in [1.54, 1.807) is 6.92 Å². The van der Waals surface area contributed by atoms with E-state index in [2.05, 4.69) is 4.74 Å². The number of thioether (sulfide) groups is 1. The predicted octanol–water partition coefficient (Wildman–Crippen LogP) is 2.36. The number of rotatable bonds is 4. The summed E-state index contributed by atoms with van der Waals surface area (Å²) in [5.74, 6) is -1.67. The minimum Gasteiger partial charge on any atom is -0.463 e. The number of nitrogens with two attached hydrogens (primary N) is 1. The maximum absolute atomic E-state index is 13.2. The zero-order valence-electron chi connectivity index (χ0n) is 8.57. The average Bonchev–Trinajstić information content (AvgIpc) is 2.22. The van der Waals surface area contributed by atoms with E-state index in [1.165, 1.54) is 12.1 Å². The van der Waals surface area contributed by atoms with Crippen LogP contribution in [0.25, 0.3) is 0 Å². The molecule has 0 bridgehead atoms. The molecule has 6 heteroatoms. The van der Waals surface area contributed by atoms with Gasteiger partial charge in [0.2, 0.25) is 5.50 Å². The van der Waals surface area contributed by atoms with Gasteiger partial charge in [-0.3, -0.25) is 0 Å². The molecule has 88 valence electrons. The van der Waals surface area contributed by atoms with Crippen LogP contribution < -0.4 is 5.73 Å². The molecule has 0 spiro atoms. The van der Waals surface area contributed by atoms with Crippen LogP contribution in [-0.4, -0.2) is 18.1 Å². The lowest BCUT2D eigenvalue weighted by Gasteiger charge is -2.08. The zero-order valence-corrected chi connectivity index (χ0v) is 9.39.